The van der Waals surface area contributed by atoms with Gasteiger partial charge in [0.05, 0.1) is 0 Å². The van der Waals surface area contributed by atoms with E-state index in [0.717, 1.165) is 11.3 Å². The van der Waals surface area contributed by atoms with Crippen molar-refractivity contribution in [1.29, 1.82) is 0 Å². The van der Waals surface area contributed by atoms with E-state index in [9.17, 15) is 4.39 Å². The molecule has 0 aliphatic rings. The number of aromatic amines is 1. The highest BCUT2D eigenvalue weighted by atomic mass is 19.1. The van der Waals surface area contributed by atoms with Gasteiger partial charge in [-0.25, -0.2) is 4.39 Å². The van der Waals surface area contributed by atoms with Crippen LogP contribution in [0.15, 0.2) is 36.5 Å². The smallest absolute Gasteiger partial charge is 0.131 e. The summed E-state index contributed by atoms with van der Waals surface area (Å²) >= 11 is 0. The van der Waals surface area contributed by atoms with Crippen LogP contribution >= 0.6 is 0 Å². The molecule has 0 saturated carbocycles. The number of nitrogens with one attached hydrogen (secondary N) is 1. The second-order valence-electron chi connectivity index (χ2n) is 3.10. The molecule has 2 aromatic rings. The molecule has 3 heteroatoms. The lowest BCUT2D eigenvalue weighted by molar-refractivity contribution is 0.631. The maximum Gasteiger partial charge on any atom is 0.131 e. The molecule has 0 radical (unpaired) electrons. The highest BCUT2D eigenvalue weighted by Crippen LogP contribution is 2.22. The van der Waals surface area contributed by atoms with Gasteiger partial charge in [-0.15, -0.1) is 0 Å². The van der Waals surface area contributed by atoms with E-state index < -0.39 is 0 Å². The van der Waals surface area contributed by atoms with E-state index in [-0.39, 0.29) is 5.82 Å². The molecule has 3 N–H and O–H groups in total. The van der Waals surface area contributed by atoms with Gasteiger partial charge in [0.25, 0.3) is 0 Å². The topological polar surface area (TPSA) is 41.8 Å². The van der Waals surface area contributed by atoms with Crippen molar-refractivity contribution in [1.82, 2.24) is 4.98 Å². The van der Waals surface area contributed by atoms with Gasteiger partial charge < -0.3 is 10.7 Å². The minimum Gasteiger partial charge on any atom is -0.363 e. The molecule has 0 fully saturated rings. The largest absolute Gasteiger partial charge is 0.363 e. The highest BCUT2D eigenvalue weighted by molar-refractivity contribution is 5.64. The average Bonchev–Trinajstić information content (AvgIpc) is 2.67. The summed E-state index contributed by atoms with van der Waals surface area (Å²) in [4.78, 5) is 2.99. The van der Waals surface area contributed by atoms with Crippen LogP contribution in [0.25, 0.3) is 11.1 Å². The molecule has 72 valence electrons. The van der Waals surface area contributed by atoms with Crippen LogP contribution in [0.2, 0.25) is 0 Å². The van der Waals surface area contributed by atoms with Crippen molar-refractivity contribution in [2.75, 3.05) is 0 Å². The molecule has 0 aliphatic heterocycles. The molecule has 1 aromatic heterocycles. The zero-order valence-corrected chi connectivity index (χ0v) is 7.63. The summed E-state index contributed by atoms with van der Waals surface area (Å²) in [7, 11) is 0. The predicted molar refractivity (Wildman–Crippen MR) is 54.1 cm³/mol. The number of aromatic nitrogens is 1. The first-order valence-electron chi connectivity index (χ1n) is 4.43. The number of benzene rings is 1. The molecule has 0 amide bonds. The van der Waals surface area contributed by atoms with E-state index >= 15 is 0 Å². The van der Waals surface area contributed by atoms with Crippen LogP contribution in [-0.2, 0) is 6.54 Å². The maximum atomic E-state index is 13.3. The van der Waals surface area contributed by atoms with Crippen molar-refractivity contribution >= 4 is 0 Å². The zero-order valence-electron chi connectivity index (χ0n) is 7.63. The van der Waals surface area contributed by atoms with Gasteiger partial charge in [-0.2, -0.15) is 0 Å². The first-order valence-corrected chi connectivity index (χ1v) is 4.43. The SMILES string of the molecule is NCc1cc(-c2ccccc2F)c[nH]1. The first-order chi connectivity index (χ1) is 6.81. The highest BCUT2D eigenvalue weighted by Gasteiger charge is 2.05. The summed E-state index contributed by atoms with van der Waals surface area (Å²) in [5.41, 5.74) is 7.80. The zero-order chi connectivity index (χ0) is 9.97. The Morgan fingerprint density at radius 1 is 1.29 bits per heavy atom. The fourth-order valence-corrected chi connectivity index (χ4v) is 1.41. The van der Waals surface area contributed by atoms with Crippen molar-refractivity contribution in [3.63, 3.8) is 0 Å². The molecule has 0 unspecified atom stereocenters. The standard InChI is InChI=1S/C11H11FN2/c12-11-4-2-1-3-10(11)8-5-9(6-13)14-7-8/h1-5,7,14H,6,13H2. The van der Waals surface area contributed by atoms with Gasteiger partial charge in [-0.3, -0.25) is 0 Å². The lowest BCUT2D eigenvalue weighted by Gasteiger charge is -1.97. The fraction of sp³-hybridized carbons (Fsp3) is 0.0909. The summed E-state index contributed by atoms with van der Waals surface area (Å²) in [5.74, 6) is -0.213. The molecule has 1 aromatic carbocycles. The van der Waals surface area contributed by atoms with E-state index in [0.29, 0.717) is 12.1 Å². The second-order valence-corrected chi connectivity index (χ2v) is 3.10. The van der Waals surface area contributed by atoms with Gasteiger partial charge in [0.1, 0.15) is 5.82 Å². The number of hydrogen-bond acceptors (Lipinski definition) is 1. The molecular formula is C11H11FN2. The van der Waals surface area contributed by atoms with E-state index in [1.165, 1.54) is 6.07 Å². The molecule has 2 rings (SSSR count). The lowest BCUT2D eigenvalue weighted by atomic mass is 10.1. The first kappa shape index (κ1) is 8.97. The molecular weight excluding hydrogens is 179 g/mol. The Bertz CT molecular complexity index is 434. The summed E-state index contributed by atoms with van der Waals surface area (Å²) in [6.07, 6.45) is 1.76. The van der Waals surface area contributed by atoms with Gasteiger partial charge in [0.15, 0.2) is 0 Å². The molecule has 1 heterocycles. The number of H-pyrrole nitrogens is 1. The Hall–Kier alpha value is -1.61. The quantitative estimate of drug-likeness (QED) is 0.749. The Morgan fingerprint density at radius 2 is 2.07 bits per heavy atom. The fourth-order valence-electron chi connectivity index (χ4n) is 1.41. The van der Waals surface area contributed by atoms with Crippen LogP contribution in [0.3, 0.4) is 0 Å². The van der Waals surface area contributed by atoms with Gasteiger partial charge in [0.2, 0.25) is 0 Å². The van der Waals surface area contributed by atoms with E-state index in [1.54, 1.807) is 18.3 Å². The van der Waals surface area contributed by atoms with Crippen LogP contribution in [0.5, 0.6) is 0 Å². The van der Waals surface area contributed by atoms with Crippen LogP contribution < -0.4 is 5.73 Å². The van der Waals surface area contributed by atoms with E-state index in [4.69, 9.17) is 5.73 Å². The minimum atomic E-state index is -0.213. The molecule has 2 nitrogen and oxygen atoms in total. The summed E-state index contributed by atoms with van der Waals surface area (Å²) < 4.78 is 13.3. The van der Waals surface area contributed by atoms with Crippen molar-refractivity contribution < 1.29 is 4.39 Å². The molecule has 0 bridgehead atoms. The van der Waals surface area contributed by atoms with Crippen LogP contribution in [0, 0.1) is 5.82 Å². The van der Waals surface area contributed by atoms with Crippen LogP contribution in [-0.4, -0.2) is 4.98 Å². The molecule has 14 heavy (non-hydrogen) atoms. The second kappa shape index (κ2) is 3.64. The average molecular weight is 190 g/mol. The van der Waals surface area contributed by atoms with Gasteiger partial charge in [-0.05, 0) is 12.1 Å². The Labute approximate surface area is 81.6 Å². The number of hydrogen-bond donors (Lipinski definition) is 2. The number of rotatable bonds is 2. The molecule has 0 saturated heterocycles. The van der Waals surface area contributed by atoms with Crippen LogP contribution in [0.1, 0.15) is 5.69 Å². The number of halogens is 1. The van der Waals surface area contributed by atoms with Gasteiger partial charge >= 0.3 is 0 Å². The molecule has 0 aliphatic carbocycles. The Morgan fingerprint density at radius 3 is 2.71 bits per heavy atom. The summed E-state index contributed by atoms with van der Waals surface area (Å²) in [5, 5.41) is 0. The third-order valence-corrected chi connectivity index (χ3v) is 2.15. The van der Waals surface area contributed by atoms with Crippen LogP contribution in [0.4, 0.5) is 4.39 Å². The maximum absolute atomic E-state index is 13.3. The normalized spacial score (nSPS) is 10.4. The number of nitrogens with two attached hydrogens (primary N) is 1. The summed E-state index contributed by atoms with van der Waals surface area (Å²) in [6, 6.07) is 8.55. The molecule has 0 atom stereocenters. The van der Waals surface area contributed by atoms with Crippen molar-refractivity contribution in [3.05, 3.63) is 48.0 Å². The van der Waals surface area contributed by atoms with Crippen molar-refractivity contribution in [3.8, 4) is 11.1 Å². The Balaban J connectivity index is 2.44. The Kier molecular flexibility index (Phi) is 2.33. The third kappa shape index (κ3) is 1.54. The lowest BCUT2D eigenvalue weighted by Crippen LogP contribution is -1.94. The van der Waals surface area contributed by atoms with Gasteiger partial charge in [0, 0.05) is 29.6 Å². The third-order valence-electron chi connectivity index (χ3n) is 2.15. The van der Waals surface area contributed by atoms with E-state index in [2.05, 4.69) is 4.98 Å². The van der Waals surface area contributed by atoms with Crippen molar-refractivity contribution in [2.24, 2.45) is 5.73 Å². The van der Waals surface area contributed by atoms with Crippen molar-refractivity contribution in [2.45, 2.75) is 6.54 Å². The van der Waals surface area contributed by atoms with Gasteiger partial charge in [-0.1, -0.05) is 18.2 Å². The predicted octanol–water partition coefficient (Wildman–Crippen LogP) is 2.28. The summed E-state index contributed by atoms with van der Waals surface area (Å²) in [6.45, 7) is 0.439. The monoisotopic (exact) mass is 190 g/mol. The van der Waals surface area contributed by atoms with E-state index in [1.807, 2.05) is 12.1 Å². The minimum absolute atomic E-state index is 0.213. The molecule has 0 spiro atoms.